The molecule has 0 fully saturated rings. The van der Waals surface area contributed by atoms with Crippen LogP contribution in [0.2, 0.25) is 0 Å². The predicted octanol–water partition coefficient (Wildman–Crippen LogP) is 4.13. The highest BCUT2D eigenvalue weighted by atomic mass is 16.5. The Kier molecular flexibility index (Phi) is 5.72. The number of hydrogen-bond donors (Lipinski definition) is 1. The van der Waals surface area contributed by atoms with E-state index in [-0.39, 0.29) is 18.6 Å². The number of likely N-dealkylation sites (N-methyl/N-ethyl adjacent to an activating group) is 1. The zero-order valence-electron chi connectivity index (χ0n) is 17.6. The summed E-state index contributed by atoms with van der Waals surface area (Å²) in [5.74, 6) is 0.567. The molecule has 0 spiro atoms. The van der Waals surface area contributed by atoms with Gasteiger partial charge in [0.05, 0.1) is 6.04 Å². The molecule has 0 saturated heterocycles. The highest BCUT2D eigenvalue weighted by Gasteiger charge is 2.20. The number of ether oxygens (including phenoxy) is 1. The quantitative estimate of drug-likeness (QED) is 0.507. The number of nitrogens with zero attached hydrogens (tertiary/aromatic N) is 2. The van der Waals surface area contributed by atoms with Crippen molar-refractivity contribution < 1.29 is 9.53 Å². The number of fused-ring (bicyclic) bond motifs is 2. The van der Waals surface area contributed by atoms with Gasteiger partial charge in [0.1, 0.15) is 5.75 Å². The van der Waals surface area contributed by atoms with Gasteiger partial charge in [-0.3, -0.25) is 4.79 Å². The van der Waals surface area contributed by atoms with Crippen molar-refractivity contribution in [2.24, 2.45) is 7.05 Å². The fourth-order valence-corrected chi connectivity index (χ4v) is 3.88. The Labute approximate surface area is 176 Å². The van der Waals surface area contributed by atoms with Crippen LogP contribution in [-0.2, 0) is 11.8 Å². The summed E-state index contributed by atoms with van der Waals surface area (Å²) in [6, 6.07) is 22.4. The number of para-hydroxylation sites is 1. The minimum atomic E-state index is -0.129. The van der Waals surface area contributed by atoms with Crippen molar-refractivity contribution in [1.82, 2.24) is 14.8 Å². The first-order valence-corrected chi connectivity index (χ1v) is 10.1. The Balaban J connectivity index is 1.40. The highest BCUT2D eigenvalue weighted by molar-refractivity contribution is 5.85. The summed E-state index contributed by atoms with van der Waals surface area (Å²) in [5, 5.41) is 6.49. The van der Waals surface area contributed by atoms with Gasteiger partial charge in [-0.05, 0) is 48.6 Å². The van der Waals surface area contributed by atoms with E-state index in [1.807, 2.05) is 56.6 Å². The van der Waals surface area contributed by atoms with Crippen LogP contribution in [-0.4, -0.2) is 42.6 Å². The maximum atomic E-state index is 12.4. The number of benzene rings is 3. The minimum absolute atomic E-state index is 0.00593. The van der Waals surface area contributed by atoms with Gasteiger partial charge in [0, 0.05) is 30.7 Å². The Bertz CT molecular complexity index is 1180. The summed E-state index contributed by atoms with van der Waals surface area (Å²) in [6.45, 7) is 0.509. The van der Waals surface area contributed by atoms with E-state index in [2.05, 4.69) is 52.3 Å². The fraction of sp³-hybridized carbons (Fsp3) is 0.240. The number of amides is 1. The van der Waals surface area contributed by atoms with Crippen LogP contribution in [0.15, 0.2) is 72.9 Å². The van der Waals surface area contributed by atoms with Crippen molar-refractivity contribution in [3.05, 3.63) is 78.5 Å². The summed E-state index contributed by atoms with van der Waals surface area (Å²) in [4.78, 5) is 14.6. The third kappa shape index (κ3) is 4.16. The maximum Gasteiger partial charge on any atom is 0.258 e. The molecule has 0 saturated carbocycles. The summed E-state index contributed by atoms with van der Waals surface area (Å²) in [5.41, 5.74) is 2.39. The lowest BCUT2D eigenvalue weighted by Gasteiger charge is -2.24. The number of carbonyl (C=O) groups excluding carboxylic acids is 1. The van der Waals surface area contributed by atoms with E-state index in [1.54, 1.807) is 0 Å². The third-order valence-electron chi connectivity index (χ3n) is 5.49. The van der Waals surface area contributed by atoms with Crippen molar-refractivity contribution in [1.29, 1.82) is 0 Å². The van der Waals surface area contributed by atoms with E-state index in [0.29, 0.717) is 12.3 Å². The first-order valence-electron chi connectivity index (χ1n) is 10.1. The lowest BCUT2D eigenvalue weighted by atomic mass is 10.0. The minimum Gasteiger partial charge on any atom is -0.484 e. The van der Waals surface area contributed by atoms with E-state index < -0.39 is 0 Å². The lowest BCUT2D eigenvalue weighted by molar-refractivity contribution is -0.123. The van der Waals surface area contributed by atoms with Crippen LogP contribution in [0.5, 0.6) is 5.75 Å². The van der Waals surface area contributed by atoms with Crippen LogP contribution in [0, 0.1) is 0 Å². The molecule has 4 rings (SSSR count). The predicted molar refractivity (Wildman–Crippen MR) is 122 cm³/mol. The van der Waals surface area contributed by atoms with E-state index >= 15 is 0 Å². The van der Waals surface area contributed by atoms with Gasteiger partial charge in [-0.15, -0.1) is 0 Å². The molecule has 4 aromatic rings. The molecule has 1 amide bonds. The number of nitrogens with one attached hydrogen (secondary N) is 1. The second-order valence-electron chi connectivity index (χ2n) is 7.79. The van der Waals surface area contributed by atoms with Crippen molar-refractivity contribution in [3.8, 4) is 5.75 Å². The van der Waals surface area contributed by atoms with Gasteiger partial charge in [-0.25, -0.2) is 0 Å². The molecule has 1 atom stereocenters. The fourth-order valence-electron chi connectivity index (χ4n) is 3.88. The highest BCUT2D eigenvalue weighted by Crippen LogP contribution is 2.28. The molecular weight excluding hydrogens is 374 g/mol. The topological polar surface area (TPSA) is 46.5 Å². The molecule has 5 nitrogen and oxygen atoms in total. The van der Waals surface area contributed by atoms with Gasteiger partial charge in [-0.2, -0.15) is 0 Å². The molecule has 1 N–H and O–H groups in total. The Morgan fingerprint density at radius 1 is 1.03 bits per heavy atom. The number of rotatable bonds is 7. The second-order valence-corrected chi connectivity index (χ2v) is 7.79. The first-order chi connectivity index (χ1) is 14.5. The Hall–Kier alpha value is -3.31. The molecule has 3 aromatic carbocycles. The maximum absolute atomic E-state index is 12.4. The van der Waals surface area contributed by atoms with Crippen molar-refractivity contribution in [3.63, 3.8) is 0 Å². The van der Waals surface area contributed by atoms with Gasteiger partial charge in [0.25, 0.3) is 5.91 Å². The van der Waals surface area contributed by atoms with Gasteiger partial charge in [0.2, 0.25) is 0 Å². The van der Waals surface area contributed by atoms with Crippen LogP contribution >= 0.6 is 0 Å². The normalized spacial score (nSPS) is 12.4. The molecule has 0 bridgehead atoms. The summed E-state index contributed by atoms with van der Waals surface area (Å²) in [7, 11) is 6.11. The molecular formula is C25H27N3O2. The van der Waals surface area contributed by atoms with Crippen LogP contribution < -0.4 is 10.1 Å². The third-order valence-corrected chi connectivity index (χ3v) is 5.49. The number of aryl methyl sites for hydroxylation is 1. The van der Waals surface area contributed by atoms with Gasteiger partial charge in [-0.1, -0.05) is 48.5 Å². The van der Waals surface area contributed by atoms with Crippen LogP contribution in [0.1, 0.15) is 11.6 Å². The van der Waals surface area contributed by atoms with Gasteiger partial charge >= 0.3 is 0 Å². The van der Waals surface area contributed by atoms with Crippen molar-refractivity contribution in [2.75, 3.05) is 27.2 Å². The molecule has 0 aliphatic rings. The summed E-state index contributed by atoms with van der Waals surface area (Å²) < 4.78 is 7.85. The smallest absolute Gasteiger partial charge is 0.258 e. The molecule has 1 unspecified atom stereocenters. The molecule has 30 heavy (non-hydrogen) atoms. The molecule has 1 aromatic heterocycles. The van der Waals surface area contributed by atoms with E-state index in [0.717, 1.165) is 10.8 Å². The largest absolute Gasteiger partial charge is 0.484 e. The van der Waals surface area contributed by atoms with E-state index in [9.17, 15) is 4.79 Å². The van der Waals surface area contributed by atoms with E-state index in [1.165, 1.54) is 16.5 Å². The first kappa shape index (κ1) is 20.0. The second kappa shape index (κ2) is 8.59. The summed E-state index contributed by atoms with van der Waals surface area (Å²) >= 11 is 0. The molecule has 154 valence electrons. The number of carbonyl (C=O) groups is 1. The monoisotopic (exact) mass is 401 g/mol. The van der Waals surface area contributed by atoms with Crippen molar-refractivity contribution in [2.45, 2.75) is 6.04 Å². The zero-order chi connectivity index (χ0) is 21.1. The summed E-state index contributed by atoms with van der Waals surface area (Å²) in [6.07, 6.45) is 2.15. The van der Waals surface area contributed by atoms with Crippen LogP contribution in [0.4, 0.5) is 0 Å². The lowest BCUT2D eigenvalue weighted by Crippen LogP contribution is -2.36. The Morgan fingerprint density at radius 2 is 1.77 bits per heavy atom. The average molecular weight is 402 g/mol. The SMILES string of the molecule is CN(C)C(CNC(=O)COc1ccc2ccccc2c1)c1cn(C)c2ccccc12. The average Bonchev–Trinajstić information content (AvgIpc) is 3.08. The zero-order valence-corrected chi connectivity index (χ0v) is 17.6. The Morgan fingerprint density at radius 3 is 2.57 bits per heavy atom. The van der Waals surface area contributed by atoms with Gasteiger partial charge in [0.15, 0.2) is 6.61 Å². The molecule has 1 heterocycles. The molecule has 0 radical (unpaired) electrons. The standard InChI is InChI=1S/C25H27N3O2/c1-27(2)24(22-16-28(3)23-11-7-6-10-21(22)23)15-26-25(29)17-30-20-13-12-18-8-4-5-9-19(18)14-20/h4-14,16,24H,15,17H2,1-3H3,(H,26,29). The van der Waals surface area contributed by atoms with Crippen LogP contribution in [0.25, 0.3) is 21.7 Å². The van der Waals surface area contributed by atoms with E-state index in [4.69, 9.17) is 4.74 Å². The molecule has 0 aliphatic carbocycles. The number of hydrogen-bond acceptors (Lipinski definition) is 3. The molecule has 0 aliphatic heterocycles. The van der Waals surface area contributed by atoms with Crippen molar-refractivity contribution >= 4 is 27.6 Å². The van der Waals surface area contributed by atoms with Gasteiger partial charge < -0.3 is 19.5 Å². The number of aromatic nitrogens is 1. The van der Waals surface area contributed by atoms with Crippen LogP contribution in [0.3, 0.4) is 0 Å². The molecule has 5 heteroatoms.